The molecule has 1 atom stereocenters. The van der Waals surface area contributed by atoms with Crippen LogP contribution in [0, 0.1) is 0 Å². The van der Waals surface area contributed by atoms with Gasteiger partial charge in [0.15, 0.2) is 0 Å². The number of hydrogen-bond donors (Lipinski definition) is 2. The number of aromatic nitrogens is 2. The number of anilines is 2. The molecule has 0 spiro atoms. The first-order valence-electron chi connectivity index (χ1n) is 10.1. The van der Waals surface area contributed by atoms with Gasteiger partial charge in [0, 0.05) is 10.6 Å². The maximum absolute atomic E-state index is 12.8. The van der Waals surface area contributed by atoms with Crippen molar-refractivity contribution >= 4 is 34.9 Å². The molecule has 166 valence electrons. The van der Waals surface area contributed by atoms with E-state index < -0.39 is 6.04 Å². The van der Waals surface area contributed by atoms with Gasteiger partial charge < -0.3 is 20.1 Å². The molecule has 0 aliphatic carbocycles. The van der Waals surface area contributed by atoms with E-state index in [1.807, 2.05) is 31.2 Å². The Morgan fingerprint density at radius 1 is 1.22 bits per heavy atom. The van der Waals surface area contributed by atoms with Gasteiger partial charge in [-0.25, -0.2) is 4.68 Å². The third kappa shape index (κ3) is 4.01. The van der Waals surface area contributed by atoms with Gasteiger partial charge in [0.1, 0.15) is 23.4 Å². The van der Waals surface area contributed by atoms with Crippen molar-refractivity contribution in [2.24, 2.45) is 0 Å². The van der Waals surface area contributed by atoms with Gasteiger partial charge in [0.25, 0.3) is 5.91 Å². The highest BCUT2D eigenvalue weighted by atomic mass is 35.5. The molecule has 0 fully saturated rings. The Morgan fingerprint density at radius 2 is 2.03 bits per heavy atom. The molecule has 3 aromatic rings. The lowest BCUT2D eigenvalue weighted by Crippen LogP contribution is -2.24. The number of rotatable bonds is 7. The molecule has 1 aliphatic rings. The van der Waals surface area contributed by atoms with Crippen molar-refractivity contribution in [1.29, 1.82) is 0 Å². The second kappa shape index (κ2) is 8.92. The molecule has 1 aliphatic heterocycles. The Balaban J connectivity index is 1.62. The van der Waals surface area contributed by atoms with Crippen molar-refractivity contribution in [2.75, 3.05) is 24.9 Å². The fourth-order valence-electron chi connectivity index (χ4n) is 3.80. The molecule has 0 saturated heterocycles. The van der Waals surface area contributed by atoms with Crippen LogP contribution in [0.15, 0.2) is 42.5 Å². The summed E-state index contributed by atoms with van der Waals surface area (Å²) in [5.74, 6) is 1.13. The number of hydrogen-bond acceptors (Lipinski definition) is 5. The lowest BCUT2D eigenvalue weighted by atomic mass is 10.0. The summed E-state index contributed by atoms with van der Waals surface area (Å²) >= 11 is 6.04. The number of nitrogens with zero attached hydrogens (tertiary/aromatic N) is 2. The highest BCUT2D eigenvalue weighted by Crippen LogP contribution is 2.40. The van der Waals surface area contributed by atoms with Crippen molar-refractivity contribution in [1.82, 2.24) is 9.78 Å². The second-order valence-corrected chi connectivity index (χ2v) is 7.74. The number of ether oxygens (including phenoxy) is 2. The first-order valence-corrected chi connectivity index (χ1v) is 10.5. The van der Waals surface area contributed by atoms with Crippen molar-refractivity contribution in [3.8, 4) is 22.6 Å². The van der Waals surface area contributed by atoms with Gasteiger partial charge in [-0.2, -0.15) is 5.10 Å². The van der Waals surface area contributed by atoms with E-state index in [0.29, 0.717) is 34.4 Å². The molecule has 2 aromatic carbocycles. The monoisotopic (exact) mass is 454 g/mol. The number of aryl methyl sites for hydroxylation is 1. The average Bonchev–Trinajstić information content (AvgIpc) is 3.29. The van der Waals surface area contributed by atoms with Gasteiger partial charge in [0.05, 0.1) is 32.0 Å². The van der Waals surface area contributed by atoms with Crippen LogP contribution in [0.1, 0.15) is 25.1 Å². The van der Waals surface area contributed by atoms with Crippen LogP contribution >= 0.6 is 11.6 Å². The largest absolute Gasteiger partial charge is 0.497 e. The van der Waals surface area contributed by atoms with Crippen LogP contribution < -0.4 is 20.1 Å². The third-order valence-electron chi connectivity index (χ3n) is 5.33. The molecule has 0 saturated carbocycles. The molecular formula is C23H23ClN4O4. The summed E-state index contributed by atoms with van der Waals surface area (Å²) in [5, 5.41) is 10.8. The van der Waals surface area contributed by atoms with E-state index in [2.05, 4.69) is 15.7 Å². The molecule has 9 heteroatoms. The summed E-state index contributed by atoms with van der Waals surface area (Å²) < 4.78 is 12.2. The number of fused-ring (bicyclic) bond motifs is 1. The van der Waals surface area contributed by atoms with Crippen molar-refractivity contribution in [3.63, 3.8) is 0 Å². The lowest BCUT2D eigenvalue weighted by molar-refractivity contribution is -0.123. The standard InChI is InChI=1S/C23H23ClN4O4/c1-4-16-21(13-6-5-7-15(10-13)31-2)22-26-23(30)18(28(22)27-16)12-20(29)25-17-11-14(24)8-9-19(17)32-3/h5-11,18H,4,12H2,1-3H3,(H,25,29)(H,26,30). The lowest BCUT2D eigenvalue weighted by Gasteiger charge is -2.13. The SMILES string of the molecule is CCc1nn2c(c1-c1cccc(OC)c1)NC(=O)C2CC(=O)Nc1cc(Cl)ccc1OC. The zero-order valence-electron chi connectivity index (χ0n) is 17.9. The number of amides is 2. The molecule has 8 nitrogen and oxygen atoms in total. The minimum Gasteiger partial charge on any atom is -0.497 e. The van der Waals surface area contributed by atoms with Gasteiger partial charge in [-0.05, 0) is 42.3 Å². The number of nitrogens with one attached hydrogen (secondary N) is 2. The summed E-state index contributed by atoms with van der Waals surface area (Å²) in [7, 11) is 3.11. The minimum atomic E-state index is -0.764. The summed E-state index contributed by atoms with van der Waals surface area (Å²) in [6.45, 7) is 2.00. The number of methoxy groups -OCH3 is 2. The molecule has 1 unspecified atom stereocenters. The van der Waals surface area contributed by atoms with E-state index in [9.17, 15) is 9.59 Å². The summed E-state index contributed by atoms with van der Waals surface area (Å²) in [6, 6.07) is 11.8. The first-order chi connectivity index (χ1) is 15.4. The number of carbonyl (C=O) groups is 2. The Morgan fingerprint density at radius 3 is 2.75 bits per heavy atom. The van der Waals surface area contributed by atoms with Crippen molar-refractivity contribution in [2.45, 2.75) is 25.8 Å². The topological polar surface area (TPSA) is 94.5 Å². The molecule has 2 N–H and O–H groups in total. The van der Waals surface area contributed by atoms with Crippen LogP contribution in [0.2, 0.25) is 5.02 Å². The van der Waals surface area contributed by atoms with E-state index >= 15 is 0 Å². The van der Waals surface area contributed by atoms with Crippen LogP contribution in [0.25, 0.3) is 11.1 Å². The zero-order valence-corrected chi connectivity index (χ0v) is 18.7. The van der Waals surface area contributed by atoms with E-state index in [0.717, 1.165) is 16.8 Å². The van der Waals surface area contributed by atoms with E-state index in [1.54, 1.807) is 30.0 Å². The molecule has 1 aromatic heterocycles. The highest BCUT2D eigenvalue weighted by Gasteiger charge is 2.37. The van der Waals surface area contributed by atoms with Crippen LogP contribution in [-0.2, 0) is 16.0 Å². The van der Waals surface area contributed by atoms with E-state index in [1.165, 1.54) is 7.11 Å². The van der Waals surface area contributed by atoms with Crippen LogP contribution in [0.4, 0.5) is 11.5 Å². The van der Waals surface area contributed by atoms with Gasteiger partial charge in [-0.1, -0.05) is 30.7 Å². The number of halogens is 1. The van der Waals surface area contributed by atoms with Crippen molar-refractivity contribution in [3.05, 3.63) is 53.2 Å². The first kappa shape index (κ1) is 21.7. The Bertz CT molecular complexity index is 1190. The van der Waals surface area contributed by atoms with Gasteiger partial charge >= 0.3 is 0 Å². The summed E-state index contributed by atoms with van der Waals surface area (Å²) in [5.41, 5.74) is 2.99. The third-order valence-corrected chi connectivity index (χ3v) is 5.57. The predicted molar refractivity (Wildman–Crippen MR) is 123 cm³/mol. The van der Waals surface area contributed by atoms with Crippen LogP contribution in [0.5, 0.6) is 11.5 Å². The molecule has 2 amide bonds. The maximum atomic E-state index is 12.8. The summed E-state index contributed by atoms with van der Waals surface area (Å²) in [6.07, 6.45) is 0.581. The minimum absolute atomic E-state index is 0.0864. The fraction of sp³-hybridized carbons (Fsp3) is 0.261. The normalized spacial score (nSPS) is 14.6. The predicted octanol–water partition coefficient (Wildman–Crippen LogP) is 4.31. The fourth-order valence-corrected chi connectivity index (χ4v) is 3.97. The maximum Gasteiger partial charge on any atom is 0.251 e. The highest BCUT2D eigenvalue weighted by molar-refractivity contribution is 6.31. The molecule has 32 heavy (non-hydrogen) atoms. The van der Waals surface area contributed by atoms with Gasteiger partial charge in [-0.3, -0.25) is 9.59 Å². The quantitative estimate of drug-likeness (QED) is 0.555. The van der Waals surface area contributed by atoms with Gasteiger partial charge in [0.2, 0.25) is 5.91 Å². The second-order valence-electron chi connectivity index (χ2n) is 7.30. The molecule has 0 radical (unpaired) electrons. The number of benzene rings is 2. The summed E-state index contributed by atoms with van der Waals surface area (Å²) in [4.78, 5) is 25.5. The van der Waals surface area contributed by atoms with Crippen molar-refractivity contribution < 1.29 is 19.1 Å². The number of carbonyl (C=O) groups excluding carboxylic acids is 2. The Hall–Kier alpha value is -3.52. The average molecular weight is 455 g/mol. The van der Waals surface area contributed by atoms with Crippen LogP contribution in [0.3, 0.4) is 0 Å². The van der Waals surface area contributed by atoms with Crippen LogP contribution in [-0.4, -0.2) is 35.8 Å². The Labute approximate surface area is 190 Å². The Kier molecular flexibility index (Phi) is 6.05. The van der Waals surface area contributed by atoms with Gasteiger partial charge in [-0.15, -0.1) is 0 Å². The molecule has 4 rings (SSSR count). The molecular weight excluding hydrogens is 432 g/mol. The zero-order chi connectivity index (χ0) is 22.8. The molecule has 2 heterocycles. The van der Waals surface area contributed by atoms with E-state index in [4.69, 9.17) is 21.1 Å². The molecule has 0 bridgehead atoms. The van der Waals surface area contributed by atoms with E-state index in [-0.39, 0.29) is 18.2 Å². The smallest absolute Gasteiger partial charge is 0.251 e.